The Morgan fingerprint density at radius 1 is 1.45 bits per heavy atom. The lowest BCUT2D eigenvalue weighted by atomic mass is 10.2. The van der Waals surface area contributed by atoms with Crippen LogP contribution in [0, 0.1) is 0 Å². The third kappa shape index (κ3) is 3.32. The van der Waals surface area contributed by atoms with Crippen molar-refractivity contribution in [2.24, 2.45) is 5.73 Å². The average molecular weight is 279 g/mol. The lowest BCUT2D eigenvalue weighted by Gasteiger charge is -2.10. The van der Waals surface area contributed by atoms with Crippen LogP contribution in [0.2, 0.25) is 0 Å². The summed E-state index contributed by atoms with van der Waals surface area (Å²) in [4.78, 5) is 16.0. The lowest BCUT2D eigenvalue weighted by Crippen LogP contribution is -2.39. The minimum Gasteiger partial charge on any atom is -0.438 e. The molecule has 2 aromatic rings. The molecule has 1 unspecified atom stereocenters. The van der Waals surface area contributed by atoms with Crippen LogP contribution in [-0.4, -0.2) is 37.8 Å². The molecule has 0 saturated heterocycles. The Kier molecular flexibility index (Phi) is 4.67. The predicted molar refractivity (Wildman–Crippen MR) is 73.2 cm³/mol. The highest BCUT2D eigenvalue weighted by molar-refractivity contribution is 5.96. The van der Waals surface area contributed by atoms with Gasteiger partial charge in [0.25, 0.3) is 0 Å². The number of anilines is 1. The molecule has 0 fully saturated rings. The van der Waals surface area contributed by atoms with Crippen LogP contribution in [0.4, 0.5) is 5.69 Å². The minimum atomic E-state index is -0.711. The first-order chi connectivity index (χ1) is 9.63. The number of hydrogen-bond acceptors (Lipinski definition) is 6. The van der Waals surface area contributed by atoms with Crippen molar-refractivity contribution in [1.29, 1.82) is 0 Å². The summed E-state index contributed by atoms with van der Waals surface area (Å²) in [5.41, 5.74) is 7.53. The molecule has 1 aromatic heterocycles. The van der Waals surface area contributed by atoms with E-state index in [2.05, 4.69) is 10.3 Å². The van der Waals surface area contributed by atoms with Crippen LogP contribution in [-0.2, 0) is 20.9 Å². The molecule has 2 rings (SSSR count). The number of oxazole rings is 1. The Morgan fingerprint density at radius 3 is 2.95 bits per heavy atom. The van der Waals surface area contributed by atoms with Gasteiger partial charge in [-0.1, -0.05) is 0 Å². The van der Waals surface area contributed by atoms with Crippen LogP contribution in [0.25, 0.3) is 11.1 Å². The van der Waals surface area contributed by atoms with Crippen LogP contribution in [0.1, 0.15) is 5.89 Å². The number of benzene rings is 1. The number of amides is 1. The minimum absolute atomic E-state index is 0.163. The first kappa shape index (κ1) is 14.4. The predicted octanol–water partition coefficient (Wildman–Crippen LogP) is 0.886. The second-order valence-electron chi connectivity index (χ2n) is 4.27. The van der Waals surface area contributed by atoms with Gasteiger partial charge in [0.15, 0.2) is 5.58 Å². The summed E-state index contributed by atoms with van der Waals surface area (Å²) in [6, 6.07) is 4.47. The maximum atomic E-state index is 11.8. The number of methoxy groups -OCH3 is 2. The molecule has 0 saturated carbocycles. The molecule has 0 bridgehead atoms. The van der Waals surface area contributed by atoms with Gasteiger partial charge >= 0.3 is 0 Å². The highest BCUT2D eigenvalue weighted by Crippen LogP contribution is 2.20. The van der Waals surface area contributed by atoms with E-state index < -0.39 is 6.04 Å². The van der Waals surface area contributed by atoms with Crippen molar-refractivity contribution in [1.82, 2.24) is 4.98 Å². The van der Waals surface area contributed by atoms with Gasteiger partial charge in [-0.25, -0.2) is 4.98 Å². The van der Waals surface area contributed by atoms with Crippen molar-refractivity contribution in [3.05, 3.63) is 24.1 Å². The van der Waals surface area contributed by atoms with Gasteiger partial charge in [-0.2, -0.15) is 0 Å². The van der Waals surface area contributed by atoms with Crippen LogP contribution >= 0.6 is 0 Å². The Bertz CT molecular complexity index is 596. The fourth-order valence-corrected chi connectivity index (χ4v) is 1.73. The Labute approximate surface area is 116 Å². The summed E-state index contributed by atoms with van der Waals surface area (Å²) in [5, 5.41) is 2.70. The van der Waals surface area contributed by atoms with Gasteiger partial charge in [0.1, 0.15) is 18.2 Å². The molecule has 0 radical (unpaired) electrons. The molecule has 1 aromatic carbocycles. The molecular weight excluding hydrogens is 262 g/mol. The van der Waals surface area contributed by atoms with Gasteiger partial charge in [-0.15, -0.1) is 0 Å². The van der Waals surface area contributed by atoms with Gasteiger partial charge in [0.05, 0.1) is 6.61 Å². The number of nitrogens with zero attached hydrogens (tertiary/aromatic N) is 1. The summed E-state index contributed by atoms with van der Waals surface area (Å²) >= 11 is 0. The highest BCUT2D eigenvalue weighted by atomic mass is 16.5. The van der Waals surface area contributed by atoms with Gasteiger partial charge in [-0.05, 0) is 18.2 Å². The molecule has 1 atom stereocenters. The zero-order valence-corrected chi connectivity index (χ0v) is 11.4. The highest BCUT2D eigenvalue weighted by Gasteiger charge is 2.14. The fourth-order valence-electron chi connectivity index (χ4n) is 1.73. The Hall–Kier alpha value is -1.96. The zero-order valence-electron chi connectivity index (χ0n) is 11.4. The number of fused-ring (bicyclic) bond motifs is 1. The quantitative estimate of drug-likeness (QED) is 0.814. The standard InChI is InChI=1S/C13H17N3O4/c1-18-6-9(14)13(17)15-8-3-4-11-10(5-8)16-12(20-11)7-19-2/h3-5,9H,6-7,14H2,1-2H3,(H,15,17). The number of ether oxygens (including phenoxy) is 2. The van der Waals surface area contributed by atoms with E-state index >= 15 is 0 Å². The van der Waals surface area contributed by atoms with Crippen molar-refractivity contribution in [3.8, 4) is 0 Å². The monoisotopic (exact) mass is 279 g/mol. The van der Waals surface area contributed by atoms with E-state index in [-0.39, 0.29) is 12.5 Å². The zero-order chi connectivity index (χ0) is 14.5. The number of rotatable bonds is 6. The molecule has 0 spiro atoms. The molecule has 108 valence electrons. The van der Waals surface area contributed by atoms with Crippen LogP contribution in [0.15, 0.2) is 22.6 Å². The number of aromatic nitrogens is 1. The molecule has 0 aliphatic carbocycles. The normalized spacial score (nSPS) is 12.6. The first-order valence-electron chi connectivity index (χ1n) is 6.08. The maximum Gasteiger partial charge on any atom is 0.243 e. The number of carbonyl (C=O) groups excluding carboxylic acids is 1. The average Bonchev–Trinajstić information content (AvgIpc) is 2.81. The number of nitrogens with one attached hydrogen (secondary N) is 1. The van der Waals surface area contributed by atoms with E-state index in [1.165, 1.54) is 7.11 Å². The van der Waals surface area contributed by atoms with E-state index in [9.17, 15) is 4.79 Å². The van der Waals surface area contributed by atoms with Crippen LogP contribution < -0.4 is 11.1 Å². The molecule has 20 heavy (non-hydrogen) atoms. The van der Waals surface area contributed by atoms with Crippen molar-refractivity contribution in [3.63, 3.8) is 0 Å². The van der Waals surface area contributed by atoms with Crippen molar-refractivity contribution < 1.29 is 18.7 Å². The fraction of sp³-hybridized carbons (Fsp3) is 0.385. The van der Waals surface area contributed by atoms with Crippen LogP contribution in [0.5, 0.6) is 0 Å². The summed E-state index contributed by atoms with van der Waals surface area (Å²) in [7, 11) is 3.06. The third-order valence-electron chi connectivity index (χ3n) is 2.65. The molecule has 7 heteroatoms. The van der Waals surface area contributed by atoms with E-state index in [4.69, 9.17) is 19.6 Å². The molecule has 7 nitrogen and oxygen atoms in total. The number of carbonyl (C=O) groups is 1. The van der Waals surface area contributed by atoms with Crippen molar-refractivity contribution >= 4 is 22.7 Å². The first-order valence-corrected chi connectivity index (χ1v) is 6.08. The SMILES string of the molecule is COCc1nc2cc(NC(=O)C(N)COC)ccc2o1. The van der Waals surface area contributed by atoms with Gasteiger partial charge in [0.2, 0.25) is 11.8 Å². The molecule has 3 N–H and O–H groups in total. The largest absolute Gasteiger partial charge is 0.438 e. The van der Waals surface area contributed by atoms with Crippen molar-refractivity contribution in [2.45, 2.75) is 12.6 Å². The summed E-state index contributed by atoms with van der Waals surface area (Å²) < 4.78 is 15.3. The second kappa shape index (κ2) is 6.47. The Morgan fingerprint density at radius 2 is 2.25 bits per heavy atom. The van der Waals surface area contributed by atoms with Gasteiger partial charge in [-0.3, -0.25) is 4.79 Å². The Balaban J connectivity index is 2.13. The summed E-state index contributed by atoms with van der Waals surface area (Å²) in [5.74, 6) is 0.175. The third-order valence-corrected chi connectivity index (χ3v) is 2.65. The number of nitrogens with two attached hydrogens (primary N) is 1. The van der Waals surface area contributed by atoms with E-state index in [1.54, 1.807) is 25.3 Å². The molecule has 1 amide bonds. The van der Waals surface area contributed by atoms with E-state index in [0.29, 0.717) is 29.3 Å². The molecular formula is C13H17N3O4. The van der Waals surface area contributed by atoms with Gasteiger partial charge in [0, 0.05) is 19.9 Å². The molecule has 0 aliphatic heterocycles. The van der Waals surface area contributed by atoms with Crippen LogP contribution in [0.3, 0.4) is 0 Å². The van der Waals surface area contributed by atoms with E-state index in [1.807, 2.05) is 0 Å². The van der Waals surface area contributed by atoms with Gasteiger partial charge < -0.3 is 24.9 Å². The molecule has 1 heterocycles. The topological polar surface area (TPSA) is 99.6 Å². The number of hydrogen-bond donors (Lipinski definition) is 2. The maximum absolute atomic E-state index is 11.8. The molecule has 0 aliphatic rings. The van der Waals surface area contributed by atoms with Crippen molar-refractivity contribution in [2.75, 3.05) is 26.1 Å². The lowest BCUT2D eigenvalue weighted by molar-refractivity contribution is -0.118. The second-order valence-corrected chi connectivity index (χ2v) is 4.27. The van der Waals surface area contributed by atoms with E-state index in [0.717, 1.165) is 0 Å². The summed E-state index contributed by atoms with van der Waals surface area (Å²) in [6.45, 7) is 0.463. The summed E-state index contributed by atoms with van der Waals surface area (Å²) in [6.07, 6.45) is 0. The smallest absolute Gasteiger partial charge is 0.243 e.